The van der Waals surface area contributed by atoms with Crippen molar-refractivity contribution in [2.75, 3.05) is 39.8 Å². The van der Waals surface area contributed by atoms with E-state index in [0.717, 1.165) is 56.4 Å². The fraction of sp³-hybridized carbons (Fsp3) is 0.632. The summed E-state index contributed by atoms with van der Waals surface area (Å²) in [5.74, 6) is 0.297. The SMILES string of the molecule is CN1CC[C@H](C(=O)N2CCc3ccc(S(=O)(=O)N4CCCC4)cc3C2)C1. The Bertz CT molecular complexity index is 802. The first-order valence-corrected chi connectivity index (χ1v) is 11.0. The van der Waals surface area contributed by atoms with E-state index < -0.39 is 10.0 Å². The van der Waals surface area contributed by atoms with Crippen molar-refractivity contribution in [3.8, 4) is 0 Å². The first kappa shape index (κ1) is 17.9. The molecule has 0 saturated carbocycles. The van der Waals surface area contributed by atoms with Gasteiger partial charge in [-0.1, -0.05) is 6.07 Å². The van der Waals surface area contributed by atoms with Crippen molar-refractivity contribution >= 4 is 15.9 Å². The summed E-state index contributed by atoms with van der Waals surface area (Å²) in [6.45, 7) is 4.27. The van der Waals surface area contributed by atoms with E-state index in [-0.39, 0.29) is 11.8 Å². The molecule has 1 atom stereocenters. The number of nitrogens with zero attached hydrogens (tertiary/aromatic N) is 3. The number of hydrogen-bond acceptors (Lipinski definition) is 4. The zero-order valence-corrected chi connectivity index (χ0v) is 16.2. The third-order valence-corrected chi connectivity index (χ3v) is 7.84. The Hall–Kier alpha value is -1.44. The van der Waals surface area contributed by atoms with E-state index >= 15 is 0 Å². The van der Waals surface area contributed by atoms with Gasteiger partial charge >= 0.3 is 0 Å². The van der Waals surface area contributed by atoms with Crippen molar-refractivity contribution in [1.82, 2.24) is 14.1 Å². The van der Waals surface area contributed by atoms with Crippen molar-refractivity contribution in [3.05, 3.63) is 29.3 Å². The molecule has 3 aliphatic heterocycles. The van der Waals surface area contributed by atoms with E-state index in [1.807, 2.05) is 18.0 Å². The maximum Gasteiger partial charge on any atom is 0.243 e. The highest BCUT2D eigenvalue weighted by atomic mass is 32.2. The summed E-state index contributed by atoms with van der Waals surface area (Å²) in [4.78, 5) is 17.3. The van der Waals surface area contributed by atoms with Crippen LogP contribution in [0.15, 0.2) is 23.1 Å². The first-order chi connectivity index (χ1) is 12.4. The topological polar surface area (TPSA) is 60.9 Å². The third-order valence-electron chi connectivity index (χ3n) is 5.95. The van der Waals surface area contributed by atoms with Crippen molar-refractivity contribution in [1.29, 1.82) is 0 Å². The Morgan fingerprint density at radius 1 is 1.08 bits per heavy atom. The molecular formula is C19H27N3O3S. The minimum atomic E-state index is -3.41. The molecule has 0 radical (unpaired) electrons. The maximum atomic E-state index is 12.8. The predicted octanol–water partition coefficient (Wildman–Crippen LogP) is 1.31. The van der Waals surface area contributed by atoms with E-state index in [2.05, 4.69) is 4.90 Å². The molecule has 6 nitrogen and oxygen atoms in total. The van der Waals surface area contributed by atoms with E-state index in [1.165, 1.54) is 0 Å². The third kappa shape index (κ3) is 3.28. The second-order valence-corrected chi connectivity index (χ2v) is 9.74. The molecule has 142 valence electrons. The van der Waals surface area contributed by atoms with Gasteiger partial charge in [0.2, 0.25) is 15.9 Å². The van der Waals surface area contributed by atoms with Crippen LogP contribution in [0.1, 0.15) is 30.4 Å². The minimum absolute atomic E-state index is 0.0815. The maximum absolute atomic E-state index is 12.8. The van der Waals surface area contributed by atoms with Crippen LogP contribution in [0.3, 0.4) is 0 Å². The molecule has 2 fully saturated rings. The molecule has 0 bridgehead atoms. The van der Waals surface area contributed by atoms with Gasteiger partial charge in [0, 0.05) is 32.7 Å². The van der Waals surface area contributed by atoms with Crippen molar-refractivity contribution < 1.29 is 13.2 Å². The summed E-state index contributed by atoms with van der Waals surface area (Å²) in [6.07, 6.45) is 3.58. The normalized spacial score (nSPS) is 24.8. The Kier molecular flexibility index (Phi) is 4.79. The Morgan fingerprint density at radius 3 is 2.54 bits per heavy atom. The molecule has 0 spiro atoms. The monoisotopic (exact) mass is 377 g/mol. The highest BCUT2D eigenvalue weighted by Crippen LogP contribution is 2.28. The zero-order valence-electron chi connectivity index (χ0n) is 15.4. The zero-order chi connectivity index (χ0) is 18.3. The van der Waals surface area contributed by atoms with Crippen molar-refractivity contribution in [3.63, 3.8) is 0 Å². The Labute approximate surface area is 155 Å². The second-order valence-electron chi connectivity index (χ2n) is 7.80. The Balaban J connectivity index is 1.54. The molecule has 26 heavy (non-hydrogen) atoms. The van der Waals surface area contributed by atoms with Gasteiger partial charge in [-0.2, -0.15) is 4.31 Å². The quantitative estimate of drug-likeness (QED) is 0.797. The number of fused-ring (bicyclic) bond motifs is 1. The van der Waals surface area contributed by atoms with Crippen LogP contribution in [-0.2, 0) is 27.8 Å². The first-order valence-electron chi connectivity index (χ1n) is 9.54. The van der Waals surface area contributed by atoms with E-state index in [9.17, 15) is 13.2 Å². The number of hydrogen-bond donors (Lipinski definition) is 0. The molecule has 0 N–H and O–H groups in total. The molecule has 7 heteroatoms. The molecule has 4 rings (SSSR count). The minimum Gasteiger partial charge on any atom is -0.338 e. The lowest BCUT2D eigenvalue weighted by molar-refractivity contribution is -0.136. The lowest BCUT2D eigenvalue weighted by Gasteiger charge is -2.31. The van der Waals surface area contributed by atoms with Gasteiger partial charge in [-0.3, -0.25) is 4.79 Å². The standard InChI is InChI=1S/C19H27N3O3S/c1-20-10-6-16(13-20)19(23)21-11-7-15-4-5-18(12-17(15)14-21)26(24,25)22-8-2-3-9-22/h4-5,12,16H,2-3,6-11,13-14H2,1H3/t16-/m0/s1. The number of amides is 1. The van der Waals surface area contributed by atoms with Crippen LogP contribution in [0.4, 0.5) is 0 Å². The lowest BCUT2D eigenvalue weighted by atomic mass is 9.98. The van der Waals surface area contributed by atoms with Gasteiger partial charge in [-0.25, -0.2) is 8.42 Å². The summed E-state index contributed by atoms with van der Waals surface area (Å²) in [5, 5.41) is 0. The molecule has 1 aromatic carbocycles. The van der Waals surface area contributed by atoms with E-state index in [1.54, 1.807) is 16.4 Å². The smallest absolute Gasteiger partial charge is 0.243 e. The van der Waals surface area contributed by atoms with Crippen LogP contribution in [0, 0.1) is 5.92 Å². The number of benzene rings is 1. The van der Waals surface area contributed by atoms with Crippen LogP contribution in [0.25, 0.3) is 0 Å². The highest BCUT2D eigenvalue weighted by molar-refractivity contribution is 7.89. The summed E-state index contributed by atoms with van der Waals surface area (Å²) in [6, 6.07) is 5.46. The van der Waals surface area contributed by atoms with Crippen LogP contribution in [0.5, 0.6) is 0 Å². The van der Waals surface area contributed by atoms with Crippen LogP contribution in [-0.4, -0.2) is 68.2 Å². The number of likely N-dealkylation sites (tertiary alicyclic amines) is 1. The van der Waals surface area contributed by atoms with Crippen LogP contribution < -0.4 is 0 Å². The summed E-state index contributed by atoms with van der Waals surface area (Å²) in [7, 11) is -1.36. The molecule has 0 unspecified atom stereocenters. The number of rotatable bonds is 3. The largest absolute Gasteiger partial charge is 0.338 e. The van der Waals surface area contributed by atoms with Gasteiger partial charge in [-0.05, 0) is 62.5 Å². The summed E-state index contributed by atoms with van der Waals surface area (Å²) >= 11 is 0. The van der Waals surface area contributed by atoms with Crippen molar-refractivity contribution in [2.45, 2.75) is 37.1 Å². The number of carbonyl (C=O) groups excluding carboxylic acids is 1. The molecule has 1 amide bonds. The number of sulfonamides is 1. The molecular weight excluding hydrogens is 350 g/mol. The summed E-state index contributed by atoms with van der Waals surface area (Å²) < 4.78 is 27.2. The van der Waals surface area contributed by atoms with E-state index in [0.29, 0.717) is 24.5 Å². The van der Waals surface area contributed by atoms with Gasteiger partial charge in [0.1, 0.15) is 0 Å². The predicted molar refractivity (Wildman–Crippen MR) is 99.2 cm³/mol. The van der Waals surface area contributed by atoms with Gasteiger partial charge in [0.05, 0.1) is 10.8 Å². The highest BCUT2D eigenvalue weighted by Gasteiger charge is 2.32. The molecule has 0 aromatic heterocycles. The molecule has 1 aromatic rings. The lowest BCUT2D eigenvalue weighted by Crippen LogP contribution is -2.40. The molecule has 3 aliphatic rings. The fourth-order valence-electron chi connectivity index (χ4n) is 4.35. The molecule has 2 saturated heterocycles. The number of carbonyl (C=O) groups is 1. The van der Waals surface area contributed by atoms with Crippen molar-refractivity contribution in [2.24, 2.45) is 5.92 Å². The van der Waals surface area contributed by atoms with Gasteiger partial charge in [0.25, 0.3) is 0 Å². The van der Waals surface area contributed by atoms with Crippen LogP contribution >= 0.6 is 0 Å². The molecule has 0 aliphatic carbocycles. The second kappa shape index (κ2) is 6.94. The van der Waals surface area contributed by atoms with Crippen LogP contribution in [0.2, 0.25) is 0 Å². The van der Waals surface area contributed by atoms with E-state index in [4.69, 9.17) is 0 Å². The summed E-state index contributed by atoms with van der Waals surface area (Å²) in [5.41, 5.74) is 2.15. The average Bonchev–Trinajstić information content (AvgIpc) is 3.32. The van der Waals surface area contributed by atoms with Gasteiger partial charge < -0.3 is 9.80 Å². The van der Waals surface area contributed by atoms with Gasteiger partial charge in [-0.15, -0.1) is 0 Å². The molecule has 3 heterocycles. The Morgan fingerprint density at radius 2 is 1.85 bits per heavy atom. The fourth-order valence-corrected chi connectivity index (χ4v) is 5.92. The van der Waals surface area contributed by atoms with Gasteiger partial charge in [0.15, 0.2) is 0 Å². The average molecular weight is 378 g/mol.